The number of fused-ring (bicyclic) bond motifs is 1. The summed E-state index contributed by atoms with van der Waals surface area (Å²) in [6, 6.07) is 0.687. The van der Waals surface area contributed by atoms with Gasteiger partial charge in [0.05, 0.1) is 11.4 Å². The number of hydrogen-bond acceptors (Lipinski definition) is 4. The zero-order chi connectivity index (χ0) is 13.2. The molecule has 1 N–H and O–H groups in total. The van der Waals surface area contributed by atoms with Crippen LogP contribution in [0.4, 0.5) is 0 Å². The van der Waals surface area contributed by atoms with Crippen molar-refractivity contribution in [2.45, 2.75) is 50.4 Å². The minimum Gasteiger partial charge on any atom is -0.308 e. The molecule has 0 amide bonds. The van der Waals surface area contributed by atoms with E-state index in [-0.39, 0.29) is 0 Å². The van der Waals surface area contributed by atoms with E-state index in [1.165, 1.54) is 31.4 Å². The predicted molar refractivity (Wildman–Crippen MR) is 84.2 cm³/mol. The molecule has 0 atom stereocenters. The Balaban J connectivity index is 1.60. The second-order valence-electron chi connectivity index (χ2n) is 5.29. The lowest BCUT2D eigenvalue weighted by Crippen LogP contribution is -2.33. The Morgan fingerprint density at radius 2 is 2.21 bits per heavy atom. The van der Waals surface area contributed by atoms with Crippen LogP contribution in [0, 0.1) is 6.92 Å². The van der Waals surface area contributed by atoms with Gasteiger partial charge in [0.1, 0.15) is 0 Å². The first-order chi connectivity index (χ1) is 9.28. The van der Waals surface area contributed by atoms with Crippen molar-refractivity contribution >= 4 is 28.1 Å². The normalized spacial score (nSPS) is 24.1. The van der Waals surface area contributed by atoms with Crippen LogP contribution in [-0.2, 0) is 6.54 Å². The van der Waals surface area contributed by atoms with Gasteiger partial charge in [0.15, 0.2) is 4.96 Å². The third-order valence-corrected chi connectivity index (χ3v) is 6.02. The summed E-state index contributed by atoms with van der Waals surface area (Å²) < 4.78 is 2.22. The molecule has 3 rings (SSSR count). The molecule has 0 spiro atoms. The minimum atomic E-state index is 0.687. The van der Waals surface area contributed by atoms with Crippen LogP contribution < -0.4 is 5.32 Å². The summed E-state index contributed by atoms with van der Waals surface area (Å²) in [5.74, 6) is 0. The minimum absolute atomic E-state index is 0.687. The number of aromatic nitrogens is 2. The van der Waals surface area contributed by atoms with Gasteiger partial charge in [-0.05, 0) is 38.9 Å². The molecule has 0 radical (unpaired) electrons. The molecule has 3 nitrogen and oxygen atoms in total. The quantitative estimate of drug-likeness (QED) is 0.936. The lowest BCUT2D eigenvalue weighted by molar-refractivity contribution is 0.377. The van der Waals surface area contributed by atoms with Crippen molar-refractivity contribution in [1.82, 2.24) is 14.7 Å². The first kappa shape index (κ1) is 13.5. The molecule has 2 aromatic heterocycles. The fraction of sp³-hybridized carbons (Fsp3) is 0.643. The van der Waals surface area contributed by atoms with Gasteiger partial charge in [-0.25, -0.2) is 4.98 Å². The SMILES string of the molecule is CSC1CCC(NCc2c(C)nc3sccn23)CC1. The maximum Gasteiger partial charge on any atom is 0.194 e. The van der Waals surface area contributed by atoms with Crippen molar-refractivity contribution in [3.05, 3.63) is 23.0 Å². The van der Waals surface area contributed by atoms with E-state index in [1.54, 1.807) is 11.3 Å². The smallest absolute Gasteiger partial charge is 0.194 e. The highest BCUT2D eigenvalue weighted by Crippen LogP contribution is 2.27. The van der Waals surface area contributed by atoms with Gasteiger partial charge in [0.2, 0.25) is 0 Å². The molecule has 0 saturated heterocycles. The molecule has 2 aromatic rings. The standard InChI is InChI=1S/C14H21N3S2/c1-10-13(17-7-8-19-14(17)16-10)9-15-11-3-5-12(18-2)6-4-11/h7-8,11-12,15H,3-6,9H2,1-2H3. The van der Waals surface area contributed by atoms with Crippen LogP contribution in [0.5, 0.6) is 0 Å². The van der Waals surface area contributed by atoms with Gasteiger partial charge in [-0.15, -0.1) is 11.3 Å². The Bertz CT molecular complexity index is 538. The van der Waals surface area contributed by atoms with Crippen molar-refractivity contribution in [3.8, 4) is 0 Å². The van der Waals surface area contributed by atoms with E-state index in [9.17, 15) is 0 Å². The molecule has 0 unspecified atom stereocenters. The van der Waals surface area contributed by atoms with E-state index in [0.717, 1.165) is 22.4 Å². The number of rotatable bonds is 4. The number of imidazole rings is 1. The zero-order valence-electron chi connectivity index (χ0n) is 11.6. The van der Waals surface area contributed by atoms with Crippen LogP contribution >= 0.6 is 23.1 Å². The summed E-state index contributed by atoms with van der Waals surface area (Å²) in [6.07, 6.45) is 9.71. The molecule has 0 aromatic carbocycles. The number of nitrogens with zero attached hydrogens (tertiary/aromatic N) is 2. The molecule has 1 aliphatic rings. The van der Waals surface area contributed by atoms with E-state index in [0.29, 0.717) is 6.04 Å². The zero-order valence-corrected chi connectivity index (χ0v) is 13.2. The molecule has 5 heteroatoms. The highest BCUT2D eigenvalue weighted by molar-refractivity contribution is 7.99. The van der Waals surface area contributed by atoms with Crippen molar-refractivity contribution in [2.24, 2.45) is 0 Å². The van der Waals surface area contributed by atoms with Crippen LogP contribution in [0.1, 0.15) is 37.1 Å². The fourth-order valence-corrected chi connectivity index (χ4v) is 4.42. The van der Waals surface area contributed by atoms with Gasteiger partial charge in [-0.2, -0.15) is 11.8 Å². The number of nitrogens with one attached hydrogen (secondary N) is 1. The van der Waals surface area contributed by atoms with Crippen molar-refractivity contribution in [2.75, 3.05) is 6.26 Å². The molecule has 1 fully saturated rings. The number of thiazole rings is 1. The van der Waals surface area contributed by atoms with Crippen molar-refractivity contribution in [3.63, 3.8) is 0 Å². The molecule has 104 valence electrons. The molecule has 0 bridgehead atoms. The van der Waals surface area contributed by atoms with Crippen molar-refractivity contribution < 1.29 is 0 Å². The summed E-state index contributed by atoms with van der Waals surface area (Å²) in [4.78, 5) is 5.71. The Kier molecular flexibility index (Phi) is 4.15. The topological polar surface area (TPSA) is 29.3 Å². The van der Waals surface area contributed by atoms with E-state index < -0.39 is 0 Å². The molecule has 0 aliphatic heterocycles. The second kappa shape index (κ2) is 5.85. The summed E-state index contributed by atoms with van der Waals surface area (Å²) in [6.45, 7) is 3.06. The average molecular weight is 295 g/mol. The molecule has 2 heterocycles. The maximum atomic E-state index is 4.60. The van der Waals surface area contributed by atoms with Gasteiger partial charge < -0.3 is 5.32 Å². The number of thioether (sulfide) groups is 1. The highest BCUT2D eigenvalue weighted by atomic mass is 32.2. The number of aryl methyl sites for hydroxylation is 1. The predicted octanol–water partition coefficient (Wildman–Crippen LogP) is 3.47. The molecule has 1 aliphatic carbocycles. The van der Waals surface area contributed by atoms with Crippen LogP contribution in [0.25, 0.3) is 4.96 Å². The van der Waals surface area contributed by atoms with Crippen LogP contribution in [0.15, 0.2) is 11.6 Å². The molecular formula is C14H21N3S2. The largest absolute Gasteiger partial charge is 0.308 e. The Labute approximate surface area is 122 Å². The summed E-state index contributed by atoms with van der Waals surface area (Å²) in [5.41, 5.74) is 2.49. The van der Waals surface area contributed by atoms with E-state index >= 15 is 0 Å². The van der Waals surface area contributed by atoms with Gasteiger partial charge in [0.25, 0.3) is 0 Å². The monoisotopic (exact) mass is 295 g/mol. The third kappa shape index (κ3) is 2.83. The molecule has 1 saturated carbocycles. The van der Waals surface area contributed by atoms with E-state index in [1.807, 2.05) is 11.8 Å². The lowest BCUT2D eigenvalue weighted by atomic mass is 9.95. The Morgan fingerprint density at radius 1 is 1.42 bits per heavy atom. The van der Waals surface area contributed by atoms with Gasteiger partial charge in [0, 0.05) is 29.4 Å². The summed E-state index contributed by atoms with van der Waals surface area (Å²) >= 11 is 3.74. The second-order valence-corrected chi connectivity index (χ2v) is 7.30. The molecule has 19 heavy (non-hydrogen) atoms. The lowest BCUT2D eigenvalue weighted by Gasteiger charge is -2.28. The molecular weight excluding hydrogens is 274 g/mol. The van der Waals surface area contributed by atoms with Crippen LogP contribution in [-0.4, -0.2) is 26.9 Å². The Hall–Kier alpha value is -0.520. The average Bonchev–Trinajstić information content (AvgIpc) is 2.98. The maximum absolute atomic E-state index is 4.60. The number of hydrogen-bond donors (Lipinski definition) is 1. The first-order valence-corrected chi connectivity index (χ1v) is 9.12. The fourth-order valence-electron chi connectivity index (χ4n) is 2.90. The third-order valence-electron chi connectivity index (χ3n) is 4.13. The summed E-state index contributed by atoms with van der Waals surface area (Å²) in [5, 5.41) is 6.72. The first-order valence-electron chi connectivity index (χ1n) is 6.95. The van der Waals surface area contributed by atoms with Crippen molar-refractivity contribution in [1.29, 1.82) is 0 Å². The van der Waals surface area contributed by atoms with E-state index in [4.69, 9.17) is 0 Å². The highest BCUT2D eigenvalue weighted by Gasteiger charge is 2.20. The van der Waals surface area contributed by atoms with E-state index in [2.05, 4.69) is 39.5 Å². The van der Waals surface area contributed by atoms with Gasteiger partial charge in [-0.1, -0.05) is 0 Å². The van der Waals surface area contributed by atoms with Crippen LogP contribution in [0.2, 0.25) is 0 Å². The summed E-state index contributed by atoms with van der Waals surface area (Å²) in [7, 11) is 0. The Morgan fingerprint density at radius 3 is 2.95 bits per heavy atom. The van der Waals surface area contributed by atoms with Crippen LogP contribution in [0.3, 0.4) is 0 Å². The van der Waals surface area contributed by atoms with Gasteiger partial charge >= 0.3 is 0 Å². The van der Waals surface area contributed by atoms with Gasteiger partial charge in [-0.3, -0.25) is 4.40 Å².